The third-order valence-electron chi connectivity index (χ3n) is 4.17. The molecule has 0 unspecified atom stereocenters. The van der Waals surface area contributed by atoms with Crippen molar-refractivity contribution in [1.82, 2.24) is 14.8 Å². The Hall–Kier alpha value is -1.96. The molecule has 4 nitrogen and oxygen atoms in total. The molecule has 0 saturated heterocycles. The summed E-state index contributed by atoms with van der Waals surface area (Å²) in [4.78, 5) is 4.27. The lowest BCUT2D eigenvalue weighted by atomic mass is 9.93. The van der Waals surface area contributed by atoms with Crippen LogP contribution in [0.4, 0.5) is 10.3 Å². The lowest BCUT2D eigenvalue weighted by molar-refractivity contribution is 0.416. The van der Waals surface area contributed by atoms with Crippen molar-refractivity contribution in [3.63, 3.8) is 0 Å². The molecule has 0 spiro atoms. The van der Waals surface area contributed by atoms with Gasteiger partial charge in [-0.25, -0.2) is 9.07 Å². The van der Waals surface area contributed by atoms with Gasteiger partial charge in [-0.1, -0.05) is 30.3 Å². The van der Waals surface area contributed by atoms with E-state index < -0.39 is 0 Å². The fourth-order valence-electron chi connectivity index (χ4n) is 3.04. The van der Waals surface area contributed by atoms with Crippen LogP contribution in [0.3, 0.4) is 0 Å². The molecule has 2 aromatic carbocycles. The number of nitrogens with one attached hydrogen (secondary N) is 1. The van der Waals surface area contributed by atoms with Gasteiger partial charge in [-0.2, -0.15) is 10.1 Å². The van der Waals surface area contributed by atoms with E-state index in [9.17, 15) is 4.39 Å². The molecule has 0 fully saturated rings. The molecule has 0 aliphatic carbocycles. The van der Waals surface area contributed by atoms with Gasteiger partial charge in [0.2, 0.25) is 5.95 Å². The average Bonchev–Trinajstić information content (AvgIpc) is 3.04. The van der Waals surface area contributed by atoms with Crippen molar-refractivity contribution in [3.05, 3.63) is 75.4 Å². The van der Waals surface area contributed by atoms with Crippen LogP contribution >= 0.6 is 22.6 Å². The summed E-state index contributed by atoms with van der Waals surface area (Å²) in [6.45, 7) is 0. The molecular formula is C17H14FIN4. The predicted molar refractivity (Wildman–Crippen MR) is 94.7 cm³/mol. The summed E-state index contributed by atoms with van der Waals surface area (Å²) in [5.41, 5.74) is 1.82. The van der Waals surface area contributed by atoms with Crippen molar-refractivity contribution in [2.24, 2.45) is 0 Å². The van der Waals surface area contributed by atoms with Gasteiger partial charge in [0, 0.05) is 9.13 Å². The molecule has 0 saturated carbocycles. The molecule has 2 atom stereocenters. The first-order valence-corrected chi connectivity index (χ1v) is 8.46. The number of halogens is 2. The minimum Gasteiger partial charge on any atom is -0.348 e. The summed E-state index contributed by atoms with van der Waals surface area (Å²) in [5.74, 6) is 0.468. The van der Waals surface area contributed by atoms with Crippen LogP contribution in [-0.2, 0) is 0 Å². The molecule has 0 amide bonds. The van der Waals surface area contributed by atoms with E-state index in [1.165, 1.54) is 21.5 Å². The average molecular weight is 420 g/mol. The molecule has 1 aromatic heterocycles. The van der Waals surface area contributed by atoms with Gasteiger partial charge < -0.3 is 5.32 Å². The number of anilines is 1. The Morgan fingerprint density at radius 3 is 2.70 bits per heavy atom. The first-order chi connectivity index (χ1) is 11.2. The Morgan fingerprint density at radius 1 is 1.13 bits per heavy atom. The lowest BCUT2D eigenvalue weighted by Gasteiger charge is -2.32. The molecule has 116 valence electrons. The van der Waals surface area contributed by atoms with Gasteiger partial charge in [0.05, 0.1) is 12.1 Å². The second-order valence-electron chi connectivity index (χ2n) is 5.55. The van der Waals surface area contributed by atoms with Crippen LogP contribution in [0, 0.1) is 9.39 Å². The highest BCUT2D eigenvalue weighted by Gasteiger charge is 2.31. The third kappa shape index (κ3) is 2.71. The molecule has 2 heterocycles. The maximum absolute atomic E-state index is 14.3. The first-order valence-electron chi connectivity index (χ1n) is 7.38. The minimum atomic E-state index is -0.206. The van der Waals surface area contributed by atoms with Gasteiger partial charge in [0.25, 0.3) is 0 Å². The van der Waals surface area contributed by atoms with E-state index in [1.807, 2.05) is 12.1 Å². The van der Waals surface area contributed by atoms with E-state index in [-0.39, 0.29) is 17.9 Å². The van der Waals surface area contributed by atoms with E-state index in [1.54, 1.807) is 10.7 Å². The van der Waals surface area contributed by atoms with E-state index >= 15 is 0 Å². The van der Waals surface area contributed by atoms with Gasteiger partial charge in [-0.15, -0.1) is 0 Å². The Labute approximate surface area is 146 Å². The van der Waals surface area contributed by atoms with E-state index in [0.29, 0.717) is 11.5 Å². The largest absolute Gasteiger partial charge is 0.348 e. The van der Waals surface area contributed by atoms with Crippen molar-refractivity contribution in [2.45, 2.75) is 18.5 Å². The topological polar surface area (TPSA) is 42.7 Å². The zero-order valence-corrected chi connectivity index (χ0v) is 14.3. The molecule has 1 N–H and O–H groups in total. The number of rotatable bonds is 2. The molecule has 0 radical (unpaired) electrons. The van der Waals surface area contributed by atoms with E-state index in [0.717, 1.165) is 6.42 Å². The summed E-state index contributed by atoms with van der Waals surface area (Å²) < 4.78 is 17.2. The van der Waals surface area contributed by atoms with Crippen LogP contribution in [0.25, 0.3) is 0 Å². The van der Waals surface area contributed by atoms with Gasteiger partial charge in [0.15, 0.2) is 0 Å². The van der Waals surface area contributed by atoms with Crippen LogP contribution in [0.5, 0.6) is 0 Å². The molecule has 1 aliphatic rings. The van der Waals surface area contributed by atoms with Crippen LogP contribution in [-0.4, -0.2) is 14.8 Å². The molecule has 4 rings (SSSR count). The summed E-state index contributed by atoms with van der Waals surface area (Å²) in [6, 6.07) is 15.1. The number of hydrogen-bond donors (Lipinski definition) is 1. The molecular weight excluding hydrogens is 406 g/mol. The minimum absolute atomic E-state index is 0.0771. The van der Waals surface area contributed by atoms with Gasteiger partial charge >= 0.3 is 0 Å². The normalized spacial score (nSPS) is 19.9. The second kappa shape index (κ2) is 5.92. The zero-order valence-electron chi connectivity index (χ0n) is 12.2. The third-order valence-corrected chi connectivity index (χ3v) is 4.89. The lowest BCUT2D eigenvalue weighted by Crippen LogP contribution is -2.28. The Kier molecular flexibility index (Phi) is 3.76. The number of benzene rings is 2. The maximum Gasteiger partial charge on any atom is 0.222 e. The van der Waals surface area contributed by atoms with Gasteiger partial charge in [-0.3, -0.25) is 0 Å². The highest BCUT2D eigenvalue weighted by Crippen LogP contribution is 2.38. The SMILES string of the molecule is Fc1ccccc1[C@@H]1C[C@@H](c2ccc(I)cc2)Nc2ncnn21. The molecule has 3 aromatic rings. The fourth-order valence-corrected chi connectivity index (χ4v) is 3.40. The molecule has 1 aliphatic heterocycles. The summed E-state index contributed by atoms with van der Waals surface area (Å²) >= 11 is 2.29. The Morgan fingerprint density at radius 2 is 1.91 bits per heavy atom. The highest BCUT2D eigenvalue weighted by atomic mass is 127. The second-order valence-corrected chi connectivity index (χ2v) is 6.80. The van der Waals surface area contributed by atoms with Gasteiger partial charge in [0.1, 0.15) is 12.1 Å². The van der Waals surface area contributed by atoms with Crippen molar-refractivity contribution in [3.8, 4) is 0 Å². The number of hydrogen-bond acceptors (Lipinski definition) is 3. The van der Waals surface area contributed by atoms with Crippen LogP contribution in [0.1, 0.15) is 29.6 Å². The van der Waals surface area contributed by atoms with Gasteiger partial charge in [-0.05, 0) is 52.8 Å². The summed E-state index contributed by atoms with van der Waals surface area (Å²) in [5, 5.41) is 7.67. The van der Waals surface area contributed by atoms with Crippen LogP contribution in [0.2, 0.25) is 0 Å². The monoisotopic (exact) mass is 420 g/mol. The summed E-state index contributed by atoms with van der Waals surface area (Å²) in [7, 11) is 0. The van der Waals surface area contributed by atoms with Crippen LogP contribution < -0.4 is 5.32 Å². The molecule has 6 heteroatoms. The quantitative estimate of drug-likeness (QED) is 0.633. The molecule has 23 heavy (non-hydrogen) atoms. The maximum atomic E-state index is 14.3. The Balaban J connectivity index is 1.75. The van der Waals surface area contributed by atoms with Crippen molar-refractivity contribution < 1.29 is 4.39 Å². The Bertz CT molecular complexity index is 831. The number of fused-ring (bicyclic) bond motifs is 1. The standard InChI is InChI=1S/C17H14FIN4/c18-14-4-2-1-3-13(14)16-9-15(11-5-7-12(19)8-6-11)22-17-20-10-21-23(16)17/h1-8,10,15-16H,9H2,(H,20,21,22)/t15-,16-/m0/s1. The highest BCUT2D eigenvalue weighted by molar-refractivity contribution is 14.1. The van der Waals surface area contributed by atoms with Crippen molar-refractivity contribution >= 4 is 28.5 Å². The first kappa shape index (κ1) is 14.6. The number of aromatic nitrogens is 3. The predicted octanol–water partition coefficient (Wildman–Crippen LogP) is 4.17. The smallest absolute Gasteiger partial charge is 0.222 e. The van der Waals surface area contributed by atoms with Crippen molar-refractivity contribution in [2.75, 3.05) is 5.32 Å². The fraction of sp³-hybridized carbons (Fsp3) is 0.176. The van der Waals surface area contributed by atoms with E-state index in [4.69, 9.17) is 0 Å². The molecule has 0 bridgehead atoms. The summed E-state index contributed by atoms with van der Waals surface area (Å²) in [6.07, 6.45) is 2.23. The van der Waals surface area contributed by atoms with E-state index in [2.05, 4.69) is 62.3 Å². The number of nitrogens with zero attached hydrogens (tertiary/aromatic N) is 3. The zero-order chi connectivity index (χ0) is 15.8. The van der Waals surface area contributed by atoms with Crippen LogP contribution in [0.15, 0.2) is 54.9 Å². The van der Waals surface area contributed by atoms with Crippen molar-refractivity contribution in [1.29, 1.82) is 0 Å².